The van der Waals surface area contributed by atoms with Crippen LogP contribution in [0.15, 0.2) is 24.3 Å². The number of aliphatic hydroxyl groups excluding tert-OH is 1. The number of hydrogen-bond donors (Lipinski definition) is 3. The van der Waals surface area contributed by atoms with Crippen molar-refractivity contribution in [3.8, 4) is 5.75 Å². The summed E-state index contributed by atoms with van der Waals surface area (Å²) >= 11 is 0. The van der Waals surface area contributed by atoms with E-state index in [1.165, 1.54) is 0 Å². The zero-order chi connectivity index (χ0) is 8.97. The summed E-state index contributed by atoms with van der Waals surface area (Å²) in [5.41, 5.74) is 6.65. The first-order chi connectivity index (χ1) is 5.74. The van der Waals surface area contributed by atoms with E-state index in [1.54, 1.807) is 24.3 Å². The van der Waals surface area contributed by atoms with E-state index in [0.717, 1.165) is 5.56 Å². The Kier molecular flexibility index (Phi) is 3.08. The molecule has 0 unspecified atom stereocenters. The SMILES string of the molecule is N[C@@H](CCO)c1ccc(O)cc1. The van der Waals surface area contributed by atoms with E-state index in [9.17, 15) is 0 Å². The second kappa shape index (κ2) is 4.09. The molecule has 0 aliphatic rings. The van der Waals surface area contributed by atoms with Gasteiger partial charge in [0.1, 0.15) is 5.75 Å². The number of nitrogens with two attached hydrogens (primary N) is 1. The quantitative estimate of drug-likeness (QED) is 0.623. The molecule has 1 aromatic rings. The molecule has 0 radical (unpaired) electrons. The Bertz CT molecular complexity index is 233. The summed E-state index contributed by atoms with van der Waals surface area (Å²) in [5, 5.41) is 17.6. The zero-order valence-electron chi connectivity index (χ0n) is 6.77. The van der Waals surface area contributed by atoms with Crippen LogP contribution in [0, 0.1) is 0 Å². The van der Waals surface area contributed by atoms with Gasteiger partial charge in [-0.1, -0.05) is 12.1 Å². The lowest BCUT2D eigenvalue weighted by atomic mass is 10.1. The second-order valence-corrected chi connectivity index (χ2v) is 2.71. The molecule has 12 heavy (non-hydrogen) atoms. The standard InChI is InChI=1S/C9H13NO2/c10-9(5-6-11)7-1-3-8(12)4-2-7/h1-4,9,11-12H,5-6,10H2/t9-/m0/s1. The van der Waals surface area contributed by atoms with E-state index in [4.69, 9.17) is 15.9 Å². The van der Waals surface area contributed by atoms with E-state index in [-0.39, 0.29) is 18.4 Å². The van der Waals surface area contributed by atoms with Gasteiger partial charge in [-0.15, -0.1) is 0 Å². The molecule has 0 spiro atoms. The predicted molar refractivity (Wildman–Crippen MR) is 46.7 cm³/mol. The average Bonchev–Trinajstić information content (AvgIpc) is 2.06. The topological polar surface area (TPSA) is 66.5 Å². The molecule has 1 rings (SSSR count). The van der Waals surface area contributed by atoms with Crippen LogP contribution in [0.1, 0.15) is 18.0 Å². The van der Waals surface area contributed by atoms with Crippen LogP contribution >= 0.6 is 0 Å². The molecule has 4 N–H and O–H groups in total. The van der Waals surface area contributed by atoms with Gasteiger partial charge in [-0.05, 0) is 24.1 Å². The summed E-state index contributed by atoms with van der Waals surface area (Å²) in [5.74, 6) is 0.231. The lowest BCUT2D eigenvalue weighted by Crippen LogP contribution is -2.11. The highest BCUT2D eigenvalue weighted by Gasteiger charge is 2.03. The largest absolute Gasteiger partial charge is 0.508 e. The van der Waals surface area contributed by atoms with Crippen molar-refractivity contribution < 1.29 is 10.2 Å². The number of benzene rings is 1. The minimum atomic E-state index is -0.143. The Labute approximate surface area is 71.5 Å². The maximum absolute atomic E-state index is 8.98. The first-order valence-electron chi connectivity index (χ1n) is 3.89. The Morgan fingerprint density at radius 2 is 1.83 bits per heavy atom. The fourth-order valence-corrected chi connectivity index (χ4v) is 1.03. The molecule has 1 aromatic carbocycles. The third-order valence-electron chi connectivity index (χ3n) is 1.76. The fourth-order valence-electron chi connectivity index (χ4n) is 1.03. The van der Waals surface area contributed by atoms with Gasteiger partial charge in [0.05, 0.1) is 0 Å². The summed E-state index contributed by atoms with van der Waals surface area (Å²) < 4.78 is 0. The minimum absolute atomic E-state index is 0.0854. The van der Waals surface area contributed by atoms with E-state index in [0.29, 0.717) is 6.42 Å². The molecule has 0 aromatic heterocycles. The van der Waals surface area contributed by atoms with Crippen molar-refractivity contribution >= 4 is 0 Å². The summed E-state index contributed by atoms with van der Waals surface area (Å²) in [4.78, 5) is 0. The molecule has 0 amide bonds. The molecular weight excluding hydrogens is 154 g/mol. The van der Waals surface area contributed by atoms with E-state index in [2.05, 4.69) is 0 Å². The van der Waals surface area contributed by atoms with Crippen LogP contribution in [0.2, 0.25) is 0 Å². The van der Waals surface area contributed by atoms with Crippen molar-refractivity contribution in [2.75, 3.05) is 6.61 Å². The van der Waals surface area contributed by atoms with Gasteiger partial charge in [-0.3, -0.25) is 0 Å². The van der Waals surface area contributed by atoms with Gasteiger partial charge < -0.3 is 15.9 Å². The first-order valence-corrected chi connectivity index (χ1v) is 3.89. The van der Waals surface area contributed by atoms with Gasteiger partial charge in [0.2, 0.25) is 0 Å². The van der Waals surface area contributed by atoms with Crippen molar-refractivity contribution in [3.05, 3.63) is 29.8 Å². The van der Waals surface area contributed by atoms with E-state index in [1.807, 2.05) is 0 Å². The fraction of sp³-hybridized carbons (Fsp3) is 0.333. The molecule has 0 fully saturated rings. The molecule has 1 atom stereocenters. The van der Waals surface area contributed by atoms with E-state index < -0.39 is 0 Å². The maximum atomic E-state index is 8.98. The highest BCUT2D eigenvalue weighted by atomic mass is 16.3. The summed E-state index contributed by atoms with van der Waals surface area (Å²) in [6.07, 6.45) is 0.546. The van der Waals surface area contributed by atoms with Crippen LogP contribution < -0.4 is 5.73 Å². The third-order valence-corrected chi connectivity index (χ3v) is 1.76. The highest BCUT2D eigenvalue weighted by molar-refractivity contribution is 5.27. The molecule has 0 heterocycles. The molecule has 0 aliphatic heterocycles. The molecule has 0 aliphatic carbocycles. The van der Waals surface area contributed by atoms with Crippen molar-refractivity contribution in [2.45, 2.75) is 12.5 Å². The van der Waals surface area contributed by atoms with Gasteiger partial charge >= 0.3 is 0 Å². The maximum Gasteiger partial charge on any atom is 0.115 e. The van der Waals surface area contributed by atoms with Crippen LogP contribution in [-0.4, -0.2) is 16.8 Å². The Morgan fingerprint density at radius 1 is 1.25 bits per heavy atom. The smallest absolute Gasteiger partial charge is 0.115 e. The lowest BCUT2D eigenvalue weighted by molar-refractivity contribution is 0.276. The second-order valence-electron chi connectivity index (χ2n) is 2.71. The van der Waals surface area contributed by atoms with Crippen LogP contribution in [0.4, 0.5) is 0 Å². The summed E-state index contributed by atoms with van der Waals surface area (Å²) in [7, 11) is 0. The van der Waals surface area contributed by atoms with Crippen molar-refractivity contribution in [1.82, 2.24) is 0 Å². The molecule has 0 saturated carbocycles. The highest BCUT2D eigenvalue weighted by Crippen LogP contribution is 2.16. The van der Waals surface area contributed by atoms with Crippen LogP contribution in [0.25, 0.3) is 0 Å². The van der Waals surface area contributed by atoms with Gasteiger partial charge in [-0.2, -0.15) is 0 Å². The molecule has 3 heteroatoms. The van der Waals surface area contributed by atoms with Crippen molar-refractivity contribution in [1.29, 1.82) is 0 Å². The van der Waals surface area contributed by atoms with Gasteiger partial charge in [0.25, 0.3) is 0 Å². The Balaban J connectivity index is 2.68. The van der Waals surface area contributed by atoms with Crippen molar-refractivity contribution in [2.24, 2.45) is 5.73 Å². The number of hydrogen-bond acceptors (Lipinski definition) is 3. The third kappa shape index (κ3) is 2.22. The van der Waals surface area contributed by atoms with Gasteiger partial charge in [-0.25, -0.2) is 0 Å². The predicted octanol–water partition coefficient (Wildman–Crippen LogP) is 0.774. The Hall–Kier alpha value is -1.06. The number of phenolic OH excluding ortho intramolecular Hbond substituents is 1. The van der Waals surface area contributed by atoms with Gasteiger partial charge in [0, 0.05) is 12.6 Å². The zero-order valence-corrected chi connectivity index (χ0v) is 6.77. The van der Waals surface area contributed by atoms with Crippen LogP contribution in [0.5, 0.6) is 5.75 Å². The normalized spacial score (nSPS) is 12.8. The number of aromatic hydroxyl groups is 1. The van der Waals surface area contributed by atoms with Crippen LogP contribution in [-0.2, 0) is 0 Å². The minimum Gasteiger partial charge on any atom is -0.508 e. The summed E-state index contributed by atoms with van der Waals surface area (Å²) in [6, 6.07) is 6.56. The molecule has 0 saturated heterocycles. The first kappa shape index (κ1) is 9.03. The lowest BCUT2D eigenvalue weighted by Gasteiger charge is -2.09. The monoisotopic (exact) mass is 167 g/mol. The van der Waals surface area contributed by atoms with Gasteiger partial charge in [0.15, 0.2) is 0 Å². The average molecular weight is 167 g/mol. The van der Waals surface area contributed by atoms with Crippen LogP contribution in [0.3, 0.4) is 0 Å². The number of aliphatic hydroxyl groups is 1. The number of phenols is 1. The summed E-state index contributed by atoms with van der Waals surface area (Å²) in [6.45, 7) is 0.0854. The van der Waals surface area contributed by atoms with Crippen molar-refractivity contribution in [3.63, 3.8) is 0 Å². The molecular formula is C9H13NO2. The molecule has 0 bridgehead atoms. The number of rotatable bonds is 3. The Morgan fingerprint density at radius 3 is 2.33 bits per heavy atom. The van der Waals surface area contributed by atoms with E-state index >= 15 is 0 Å². The molecule has 66 valence electrons. The molecule has 3 nitrogen and oxygen atoms in total.